The van der Waals surface area contributed by atoms with E-state index in [9.17, 15) is 4.79 Å². The van der Waals surface area contributed by atoms with E-state index in [1.165, 1.54) is 6.42 Å². The Morgan fingerprint density at radius 1 is 1.22 bits per heavy atom. The first-order valence-corrected chi connectivity index (χ1v) is 9.92. The van der Waals surface area contributed by atoms with Gasteiger partial charge in [0.1, 0.15) is 11.6 Å². The van der Waals surface area contributed by atoms with Crippen molar-refractivity contribution in [2.75, 3.05) is 25.0 Å². The van der Waals surface area contributed by atoms with Gasteiger partial charge in [-0.15, -0.1) is 0 Å². The lowest BCUT2D eigenvalue weighted by Gasteiger charge is -2.27. The summed E-state index contributed by atoms with van der Waals surface area (Å²) in [5.74, 6) is 1.69. The fourth-order valence-corrected chi connectivity index (χ4v) is 3.40. The standard InChI is InChI=1S/C22H29N3O2/c1-3-15-27-20-10-6-5-9-19(20)17(2)24-21-16-18(11-12-23-21)22(26)25-13-7-4-8-14-25/h5-6,9-12,16-17H,3-4,7-8,13-15H2,1-2H3,(H,23,24). The molecule has 1 aliphatic heterocycles. The van der Waals surface area contributed by atoms with Crippen molar-refractivity contribution in [1.82, 2.24) is 9.88 Å². The molecule has 0 radical (unpaired) electrons. The number of amides is 1. The SMILES string of the molecule is CCCOc1ccccc1C(C)Nc1cc(C(=O)N2CCCCC2)ccn1. The van der Waals surface area contributed by atoms with Gasteiger partial charge in [0.05, 0.1) is 12.6 Å². The van der Waals surface area contributed by atoms with Crippen LogP contribution in [0.5, 0.6) is 5.75 Å². The maximum Gasteiger partial charge on any atom is 0.254 e. The van der Waals surface area contributed by atoms with Crippen molar-refractivity contribution in [2.45, 2.75) is 45.6 Å². The largest absolute Gasteiger partial charge is 0.493 e. The Morgan fingerprint density at radius 2 is 2.00 bits per heavy atom. The summed E-state index contributed by atoms with van der Waals surface area (Å²) >= 11 is 0. The maximum absolute atomic E-state index is 12.7. The third-order valence-electron chi connectivity index (χ3n) is 4.86. The summed E-state index contributed by atoms with van der Waals surface area (Å²) in [6, 6.07) is 11.7. The summed E-state index contributed by atoms with van der Waals surface area (Å²) < 4.78 is 5.87. The zero-order valence-electron chi connectivity index (χ0n) is 16.3. The number of para-hydroxylation sites is 1. The van der Waals surface area contributed by atoms with Crippen LogP contribution in [-0.2, 0) is 0 Å². The third kappa shape index (κ3) is 5.00. The Labute approximate surface area is 161 Å². The first-order valence-electron chi connectivity index (χ1n) is 9.92. The molecule has 0 saturated carbocycles. The number of aromatic nitrogens is 1. The van der Waals surface area contributed by atoms with Gasteiger partial charge in [0.2, 0.25) is 0 Å². The molecule has 1 amide bonds. The van der Waals surface area contributed by atoms with E-state index in [4.69, 9.17) is 4.74 Å². The normalized spacial score (nSPS) is 15.3. The number of hydrogen-bond acceptors (Lipinski definition) is 4. The predicted octanol–water partition coefficient (Wildman–Crippen LogP) is 4.67. The Balaban J connectivity index is 1.71. The molecule has 0 aliphatic carbocycles. The van der Waals surface area contributed by atoms with Gasteiger partial charge in [-0.3, -0.25) is 4.79 Å². The number of benzene rings is 1. The molecule has 144 valence electrons. The first-order chi connectivity index (χ1) is 13.2. The van der Waals surface area contributed by atoms with Crippen molar-refractivity contribution >= 4 is 11.7 Å². The molecule has 5 heteroatoms. The summed E-state index contributed by atoms with van der Waals surface area (Å²) in [5.41, 5.74) is 1.78. The quantitative estimate of drug-likeness (QED) is 0.773. The number of rotatable bonds is 7. The van der Waals surface area contributed by atoms with Crippen molar-refractivity contribution in [3.8, 4) is 5.75 Å². The molecule has 5 nitrogen and oxygen atoms in total. The van der Waals surface area contributed by atoms with Crippen LogP contribution in [0.3, 0.4) is 0 Å². The van der Waals surface area contributed by atoms with E-state index < -0.39 is 0 Å². The second-order valence-electron chi connectivity index (χ2n) is 7.03. The summed E-state index contributed by atoms with van der Waals surface area (Å²) in [6.45, 7) is 6.57. The van der Waals surface area contributed by atoms with Gasteiger partial charge in [0, 0.05) is 30.4 Å². The minimum Gasteiger partial charge on any atom is -0.493 e. The maximum atomic E-state index is 12.7. The first kappa shape index (κ1) is 19.2. The fourth-order valence-electron chi connectivity index (χ4n) is 3.40. The average molecular weight is 367 g/mol. The predicted molar refractivity (Wildman–Crippen MR) is 108 cm³/mol. The molecule has 27 heavy (non-hydrogen) atoms. The number of nitrogens with one attached hydrogen (secondary N) is 1. The highest BCUT2D eigenvalue weighted by Gasteiger charge is 2.19. The number of anilines is 1. The van der Waals surface area contributed by atoms with Crippen LogP contribution >= 0.6 is 0 Å². The van der Waals surface area contributed by atoms with E-state index in [0.29, 0.717) is 18.0 Å². The molecule has 0 bridgehead atoms. The highest BCUT2D eigenvalue weighted by atomic mass is 16.5. The minimum absolute atomic E-state index is 0.0193. The third-order valence-corrected chi connectivity index (χ3v) is 4.86. The van der Waals surface area contributed by atoms with Gasteiger partial charge in [-0.25, -0.2) is 4.98 Å². The number of ether oxygens (including phenoxy) is 1. The van der Waals surface area contributed by atoms with Crippen LogP contribution in [0.4, 0.5) is 5.82 Å². The molecule has 1 aliphatic rings. The van der Waals surface area contributed by atoms with Crippen LogP contribution in [0, 0.1) is 0 Å². The van der Waals surface area contributed by atoms with E-state index in [-0.39, 0.29) is 11.9 Å². The van der Waals surface area contributed by atoms with E-state index in [1.54, 1.807) is 12.3 Å². The highest BCUT2D eigenvalue weighted by molar-refractivity contribution is 5.94. The van der Waals surface area contributed by atoms with E-state index in [2.05, 4.69) is 30.2 Å². The molecular formula is C22H29N3O2. The number of nitrogens with zero attached hydrogens (tertiary/aromatic N) is 2. The monoisotopic (exact) mass is 367 g/mol. The topological polar surface area (TPSA) is 54.5 Å². The van der Waals surface area contributed by atoms with Crippen molar-refractivity contribution < 1.29 is 9.53 Å². The average Bonchev–Trinajstić information content (AvgIpc) is 2.72. The van der Waals surface area contributed by atoms with Crippen LogP contribution < -0.4 is 10.1 Å². The van der Waals surface area contributed by atoms with Gasteiger partial charge < -0.3 is 15.0 Å². The van der Waals surface area contributed by atoms with Gasteiger partial charge in [-0.1, -0.05) is 25.1 Å². The summed E-state index contributed by atoms with van der Waals surface area (Å²) in [6.07, 6.45) is 6.06. The van der Waals surface area contributed by atoms with Crippen LogP contribution in [0.2, 0.25) is 0 Å². The van der Waals surface area contributed by atoms with Crippen molar-refractivity contribution in [3.63, 3.8) is 0 Å². The lowest BCUT2D eigenvalue weighted by molar-refractivity contribution is 0.0724. The molecule has 2 heterocycles. The van der Waals surface area contributed by atoms with Crippen LogP contribution in [0.1, 0.15) is 61.5 Å². The van der Waals surface area contributed by atoms with Crippen LogP contribution in [-0.4, -0.2) is 35.5 Å². The molecule has 1 saturated heterocycles. The second kappa shape index (κ2) is 9.40. The zero-order valence-corrected chi connectivity index (χ0v) is 16.3. The Morgan fingerprint density at radius 3 is 2.78 bits per heavy atom. The number of piperidine rings is 1. The number of carbonyl (C=O) groups excluding carboxylic acids is 1. The Bertz CT molecular complexity index is 757. The van der Waals surface area contributed by atoms with Crippen molar-refractivity contribution in [3.05, 3.63) is 53.7 Å². The number of carbonyl (C=O) groups is 1. The lowest BCUT2D eigenvalue weighted by Crippen LogP contribution is -2.35. The number of hydrogen-bond donors (Lipinski definition) is 1. The van der Waals surface area contributed by atoms with Crippen LogP contribution in [0.25, 0.3) is 0 Å². The number of pyridine rings is 1. The molecule has 1 aromatic carbocycles. The fraction of sp³-hybridized carbons (Fsp3) is 0.455. The lowest BCUT2D eigenvalue weighted by atomic mass is 10.1. The number of likely N-dealkylation sites (tertiary alicyclic amines) is 1. The summed E-state index contributed by atoms with van der Waals surface area (Å²) in [7, 11) is 0. The highest BCUT2D eigenvalue weighted by Crippen LogP contribution is 2.27. The van der Waals surface area contributed by atoms with E-state index in [1.807, 2.05) is 29.2 Å². The van der Waals surface area contributed by atoms with E-state index >= 15 is 0 Å². The molecular weight excluding hydrogens is 338 g/mol. The van der Waals surface area contributed by atoms with Crippen LogP contribution in [0.15, 0.2) is 42.6 Å². The van der Waals surface area contributed by atoms with Crippen molar-refractivity contribution in [2.24, 2.45) is 0 Å². The molecule has 1 atom stereocenters. The summed E-state index contributed by atoms with van der Waals surface area (Å²) in [5, 5.41) is 3.41. The molecule has 0 spiro atoms. The minimum atomic E-state index is 0.0193. The zero-order chi connectivity index (χ0) is 19.1. The smallest absolute Gasteiger partial charge is 0.254 e. The molecule has 1 unspecified atom stereocenters. The molecule has 2 aromatic rings. The van der Waals surface area contributed by atoms with Gasteiger partial charge in [-0.05, 0) is 50.8 Å². The summed E-state index contributed by atoms with van der Waals surface area (Å²) in [4.78, 5) is 19.1. The van der Waals surface area contributed by atoms with Crippen molar-refractivity contribution in [1.29, 1.82) is 0 Å². The Kier molecular flexibility index (Phi) is 6.69. The second-order valence-corrected chi connectivity index (χ2v) is 7.03. The molecule has 1 N–H and O–H groups in total. The molecule has 1 aromatic heterocycles. The molecule has 1 fully saturated rings. The van der Waals surface area contributed by atoms with Gasteiger partial charge >= 0.3 is 0 Å². The molecule has 3 rings (SSSR count). The van der Waals surface area contributed by atoms with Gasteiger partial charge in [0.15, 0.2) is 0 Å². The van der Waals surface area contributed by atoms with E-state index in [0.717, 1.165) is 43.7 Å². The Hall–Kier alpha value is -2.56. The van der Waals surface area contributed by atoms with Gasteiger partial charge in [-0.2, -0.15) is 0 Å². The van der Waals surface area contributed by atoms with Gasteiger partial charge in [0.25, 0.3) is 5.91 Å².